The van der Waals surface area contributed by atoms with E-state index in [4.69, 9.17) is 0 Å². The zero-order valence-corrected chi connectivity index (χ0v) is 22.8. The molecular weight excluding hydrogens is 493 g/mol. The van der Waals surface area contributed by atoms with E-state index in [0.717, 1.165) is 43.1 Å². The molecular formula is C28H38FN3O4S. The van der Waals surface area contributed by atoms with Crippen LogP contribution in [0.15, 0.2) is 48.5 Å². The molecule has 0 bridgehead atoms. The van der Waals surface area contributed by atoms with Crippen LogP contribution in [-0.4, -0.2) is 50.0 Å². The number of hydrogen-bond acceptors (Lipinski definition) is 4. The molecule has 1 N–H and O–H groups in total. The van der Waals surface area contributed by atoms with Crippen molar-refractivity contribution in [3.05, 3.63) is 65.5 Å². The Morgan fingerprint density at radius 2 is 1.68 bits per heavy atom. The van der Waals surface area contributed by atoms with Gasteiger partial charge in [0.2, 0.25) is 21.8 Å². The van der Waals surface area contributed by atoms with Crippen LogP contribution in [0.2, 0.25) is 0 Å². The molecule has 2 amide bonds. The number of anilines is 1. The van der Waals surface area contributed by atoms with Gasteiger partial charge in [0.05, 0.1) is 11.9 Å². The van der Waals surface area contributed by atoms with Gasteiger partial charge in [-0.25, -0.2) is 12.8 Å². The quantitative estimate of drug-likeness (QED) is 0.436. The molecule has 0 heterocycles. The van der Waals surface area contributed by atoms with Crippen molar-refractivity contribution in [3.8, 4) is 0 Å². The van der Waals surface area contributed by atoms with E-state index in [2.05, 4.69) is 5.32 Å². The van der Waals surface area contributed by atoms with Crippen molar-refractivity contribution in [1.82, 2.24) is 10.2 Å². The number of benzene rings is 2. The number of aryl methyl sites for hydroxylation is 1. The summed E-state index contributed by atoms with van der Waals surface area (Å²) in [6, 6.07) is 12.6. The summed E-state index contributed by atoms with van der Waals surface area (Å²) >= 11 is 0. The SMILES string of the molecule is CC[C@@H](C(=O)NC1CCCC1)N(Cc1ccc(C)cc1)C(=O)CCCN(c1ccc(F)cc1)S(C)(=O)=O. The van der Waals surface area contributed by atoms with Crippen molar-refractivity contribution in [1.29, 1.82) is 0 Å². The van der Waals surface area contributed by atoms with Crippen LogP contribution in [0.4, 0.5) is 10.1 Å². The summed E-state index contributed by atoms with van der Waals surface area (Å²) in [6.07, 6.45) is 6.00. The van der Waals surface area contributed by atoms with E-state index in [0.29, 0.717) is 18.7 Å². The first-order chi connectivity index (χ1) is 17.6. The van der Waals surface area contributed by atoms with E-state index >= 15 is 0 Å². The summed E-state index contributed by atoms with van der Waals surface area (Å²) in [6.45, 7) is 4.25. The molecule has 0 aliphatic heterocycles. The second-order valence-electron chi connectivity index (χ2n) is 9.84. The highest BCUT2D eigenvalue weighted by Gasteiger charge is 2.30. The average molecular weight is 532 g/mol. The fourth-order valence-corrected chi connectivity index (χ4v) is 5.75. The Hall–Kier alpha value is -2.94. The molecule has 0 radical (unpaired) electrons. The molecule has 1 aliphatic carbocycles. The minimum absolute atomic E-state index is 0.0691. The third-order valence-electron chi connectivity index (χ3n) is 6.83. The maximum atomic E-state index is 13.5. The Balaban J connectivity index is 1.74. The topological polar surface area (TPSA) is 86.8 Å². The number of nitrogens with one attached hydrogen (secondary N) is 1. The normalized spacial score (nSPS) is 14.8. The summed E-state index contributed by atoms with van der Waals surface area (Å²) < 4.78 is 39.3. The first-order valence-electron chi connectivity index (χ1n) is 13.0. The molecule has 1 saturated carbocycles. The van der Waals surface area contributed by atoms with Gasteiger partial charge in [0, 0.05) is 25.6 Å². The lowest BCUT2D eigenvalue weighted by Crippen LogP contribution is -2.51. The van der Waals surface area contributed by atoms with E-state index in [9.17, 15) is 22.4 Å². The van der Waals surface area contributed by atoms with Gasteiger partial charge < -0.3 is 10.2 Å². The molecule has 37 heavy (non-hydrogen) atoms. The molecule has 202 valence electrons. The first-order valence-corrected chi connectivity index (χ1v) is 14.8. The molecule has 3 rings (SSSR count). The molecule has 1 fully saturated rings. The fraction of sp³-hybridized carbons (Fsp3) is 0.500. The van der Waals surface area contributed by atoms with Crippen LogP contribution in [0, 0.1) is 12.7 Å². The number of carbonyl (C=O) groups excluding carboxylic acids is 2. The summed E-state index contributed by atoms with van der Waals surface area (Å²) in [5.41, 5.74) is 2.37. The van der Waals surface area contributed by atoms with Crippen molar-refractivity contribution < 1.29 is 22.4 Å². The van der Waals surface area contributed by atoms with Gasteiger partial charge in [0.25, 0.3) is 0 Å². The summed E-state index contributed by atoms with van der Waals surface area (Å²) in [7, 11) is -3.63. The van der Waals surface area contributed by atoms with Crippen LogP contribution in [0.5, 0.6) is 0 Å². The Morgan fingerprint density at radius 1 is 1.05 bits per heavy atom. The van der Waals surface area contributed by atoms with E-state index in [-0.39, 0.29) is 37.2 Å². The van der Waals surface area contributed by atoms with Gasteiger partial charge in [-0.3, -0.25) is 13.9 Å². The van der Waals surface area contributed by atoms with E-state index in [1.54, 1.807) is 4.90 Å². The predicted octanol–water partition coefficient (Wildman–Crippen LogP) is 4.55. The number of amides is 2. The molecule has 0 unspecified atom stereocenters. The lowest BCUT2D eigenvalue weighted by Gasteiger charge is -2.32. The van der Waals surface area contributed by atoms with Crippen LogP contribution in [-0.2, 0) is 26.2 Å². The summed E-state index contributed by atoms with van der Waals surface area (Å²) in [5, 5.41) is 3.13. The van der Waals surface area contributed by atoms with Gasteiger partial charge in [-0.15, -0.1) is 0 Å². The van der Waals surface area contributed by atoms with Gasteiger partial charge in [-0.2, -0.15) is 0 Å². The second kappa shape index (κ2) is 13.0. The van der Waals surface area contributed by atoms with Crippen molar-refractivity contribution in [3.63, 3.8) is 0 Å². The van der Waals surface area contributed by atoms with Crippen molar-refractivity contribution in [2.24, 2.45) is 0 Å². The fourth-order valence-electron chi connectivity index (χ4n) is 4.79. The molecule has 1 atom stereocenters. The van der Waals surface area contributed by atoms with Crippen molar-refractivity contribution in [2.75, 3.05) is 17.1 Å². The molecule has 2 aromatic rings. The maximum Gasteiger partial charge on any atom is 0.243 e. The van der Waals surface area contributed by atoms with Crippen LogP contribution in [0.3, 0.4) is 0 Å². The molecule has 0 saturated heterocycles. The molecule has 2 aromatic carbocycles. The number of hydrogen-bond donors (Lipinski definition) is 1. The van der Waals surface area contributed by atoms with Gasteiger partial charge in [0.15, 0.2) is 0 Å². The third-order valence-corrected chi connectivity index (χ3v) is 8.02. The number of nitrogens with zero attached hydrogens (tertiary/aromatic N) is 2. The monoisotopic (exact) mass is 531 g/mol. The Labute approximate surface area is 220 Å². The second-order valence-corrected chi connectivity index (χ2v) is 11.7. The highest BCUT2D eigenvalue weighted by atomic mass is 32.2. The standard InChI is InChI=1S/C28H38FN3O4S/c1-4-26(28(34)30-24-8-5-6-9-24)31(20-22-13-11-21(2)12-14-22)27(33)10-7-19-32(37(3,35)36)25-17-15-23(29)16-18-25/h11-18,24,26H,4-10,19-20H2,1-3H3,(H,30,34)/t26-/m0/s1. The number of carbonyl (C=O) groups is 2. The molecule has 1 aliphatic rings. The molecule has 0 spiro atoms. The van der Waals surface area contributed by atoms with Crippen LogP contribution in [0.1, 0.15) is 63.0 Å². The van der Waals surface area contributed by atoms with Crippen molar-refractivity contribution >= 4 is 27.5 Å². The van der Waals surface area contributed by atoms with E-state index in [1.165, 1.54) is 28.6 Å². The molecule has 7 nitrogen and oxygen atoms in total. The van der Waals surface area contributed by atoms with Gasteiger partial charge >= 0.3 is 0 Å². The van der Waals surface area contributed by atoms with E-state index < -0.39 is 21.9 Å². The van der Waals surface area contributed by atoms with Crippen molar-refractivity contribution in [2.45, 2.75) is 77.4 Å². The van der Waals surface area contributed by atoms with Crippen LogP contribution < -0.4 is 9.62 Å². The largest absolute Gasteiger partial charge is 0.352 e. The molecule has 9 heteroatoms. The average Bonchev–Trinajstić information content (AvgIpc) is 3.36. The minimum Gasteiger partial charge on any atom is -0.352 e. The molecule has 0 aromatic heterocycles. The smallest absolute Gasteiger partial charge is 0.243 e. The number of halogens is 1. The van der Waals surface area contributed by atoms with Gasteiger partial charge in [0.1, 0.15) is 11.9 Å². The zero-order valence-electron chi connectivity index (χ0n) is 22.0. The number of sulfonamides is 1. The Bertz CT molecular complexity index is 1150. The van der Waals surface area contributed by atoms with Crippen LogP contribution >= 0.6 is 0 Å². The maximum absolute atomic E-state index is 13.5. The predicted molar refractivity (Wildman–Crippen MR) is 144 cm³/mol. The Morgan fingerprint density at radius 3 is 2.24 bits per heavy atom. The Kier molecular flexibility index (Phi) is 10.1. The third kappa shape index (κ3) is 8.28. The minimum atomic E-state index is -3.63. The van der Waals surface area contributed by atoms with Gasteiger partial charge in [-0.1, -0.05) is 49.6 Å². The first kappa shape index (κ1) is 28.6. The van der Waals surface area contributed by atoms with E-state index in [1.807, 2.05) is 38.1 Å². The lowest BCUT2D eigenvalue weighted by atomic mass is 10.1. The zero-order chi connectivity index (χ0) is 27.0. The highest BCUT2D eigenvalue weighted by molar-refractivity contribution is 7.92. The lowest BCUT2D eigenvalue weighted by molar-refractivity contribution is -0.141. The van der Waals surface area contributed by atoms with Gasteiger partial charge in [-0.05, 0) is 62.4 Å². The summed E-state index contributed by atoms with van der Waals surface area (Å²) in [4.78, 5) is 28.3. The highest BCUT2D eigenvalue weighted by Crippen LogP contribution is 2.21. The summed E-state index contributed by atoms with van der Waals surface area (Å²) in [5.74, 6) is -0.805. The number of rotatable bonds is 12. The van der Waals surface area contributed by atoms with Crippen LogP contribution in [0.25, 0.3) is 0 Å².